The van der Waals surface area contributed by atoms with Crippen molar-refractivity contribution >= 4 is 0 Å². The summed E-state index contributed by atoms with van der Waals surface area (Å²) in [6.07, 6.45) is 14.3. The van der Waals surface area contributed by atoms with Crippen LogP contribution < -0.4 is 0 Å². The number of benzene rings is 14. The van der Waals surface area contributed by atoms with Gasteiger partial charge < -0.3 is 0 Å². The van der Waals surface area contributed by atoms with Gasteiger partial charge in [0.1, 0.15) is 0 Å². The average molecular weight is 1590 g/mol. The van der Waals surface area contributed by atoms with Crippen LogP contribution in [0.25, 0.3) is 100 Å². The Morgan fingerprint density at radius 3 is 0.884 bits per heavy atom. The molecule has 1 saturated carbocycles. The van der Waals surface area contributed by atoms with Gasteiger partial charge in [0.25, 0.3) is 0 Å². The summed E-state index contributed by atoms with van der Waals surface area (Å²) in [5.74, 6) is 3.01. The largest absolute Gasteiger partial charge is 0.103 e. The lowest BCUT2D eigenvalue weighted by molar-refractivity contribution is 0.323. The fourth-order valence-electron chi connectivity index (χ4n) is 19.9. The molecular formula is C121H134. The zero-order valence-corrected chi connectivity index (χ0v) is 76.3. The number of hydrogen-bond donors (Lipinski definition) is 0. The third-order valence-electron chi connectivity index (χ3n) is 25.0. The van der Waals surface area contributed by atoms with E-state index in [0.717, 1.165) is 24.2 Å². The van der Waals surface area contributed by atoms with Crippen molar-refractivity contribution in [3.05, 3.63) is 420 Å². The lowest BCUT2D eigenvalue weighted by Crippen LogP contribution is -2.30. The molecule has 0 amide bonds. The second kappa shape index (κ2) is 41.7. The molecular weight excluding hydrogens is 1450 g/mol. The van der Waals surface area contributed by atoms with Crippen LogP contribution in [0, 0.1) is 23.2 Å². The van der Waals surface area contributed by atoms with Crippen molar-refractivity contribution < 1.29 is 0 Å². The summed E-state index contributed by atoms with van der Waals surface area (Å²) < 4.78 is 0. The van der Waals surface area contributed by atoms with E-state index < -0.39 is 5.41 Å². The predicted octanol–water partition coefficient (Wildman–Crippen LogP) is 35.4. The molecule has 0 radical (unpaired) electrons. The molecule has 0 N–H and O–H groups in total. The number of allylic oxidation sites excluding steroid dienone is 3. The highest BCUT2D eigenvalue weighted by molar-refractivity contribution is 5.92. The molecule has 6 aliphatic rings. The van der Waals surface area contributed by atoms with Crippen LogP contribution in [0.2, 0.25) is 0 Å². The van der Waals surface area contributed by atoms with Crippen molar-refractivity contribution in [3.63, 3.8) is 0 Å². The maximum absolute atomic E-state index is 4.08. The van der Waals surface area contributed by atoms with Gasteiger partial charge in [0.05, 0.1) is 5.41 Å². The molecule has 6 aliphatic carbocycles. The van der Waals surface area contributed by atoms with Gasteiger partial charge in [-0.25, -0.2) is 0 Å². The van der Waals surface area contributed by atoms with Gasteiger partial charge in [-0.05, 0) is 260 Å². The lowest BCUT2D eigenvalue weighted by Gasteiger charge is -2.39. The summed E-state index contributed by atoms with van der Waals surface area (Å²) in [5, 5.41) is 0. The predicted molar refractivity (Wildman–Crippen MR) is 531 cm³/mol. The van der Waals surface area contributed by atoms with Crippen molar-refractivity contribution in [2.24, 2.45) is 23.2 Å². The van der Waals surface area contributed by atoms with Crippen LogP contribution in [0.3, 0.4) is 0 Å². The molecule has 0 aromatic heterocycles. The van der Waals surface area contributed by atoms with Crippen LogP contribution in [0.5, 0.6) is 0 Å². The van der Waals surface area contributed by atoms with Crippen LogP contribution in [-0.4, -0.2) is 0 Å². The van der Waals surface area contributed by atoms with Crippen LogP contribution in [-0.2, 0) is 22.7 Å². The summed E-state index contributed by atoms with van der Waals surface area (Å²) in [4.78, 5) is 0. The Bertz CT molecular complexity index is 5390. The molecule has 4 unspecified atom stereocenters. The fraction of sp³-hybridized carbons (Fsp3) is 0.273. The standard InChI is InChI=1S/C44H38.C34H30.C29H24.7C2H6/c1-43(2,3)29-35-25-34-26-37(21-24-38(34)35)44(36-17-11-6-12-18-36)41-27-32(30-13-7-4-8-14-30)19-22-39(41)40-23-20-33(28-42(40)44)31-15-9-5-10-16-31;1-34(22-29-19-23-12-13-26(29)18-23)32-20-27(24-8-4-2-5-9-24)14-16-30(32)31-17-15-28(21-33(31)34)25-10-6-3-7-11-25;1-3-18-29(2)27-19-23(21-10-6-4-7-11-21)14-16-25(27)26-17-15-24(20-28(26)29)22-12-8-5-9-13-22;7*1-2/h4-24,26-28,35H,25,29H2,1-3H3;2-17,20-21,23,26,29H,18-19,22H2,1H3;3-17,19-20H,1,18H2,2H3;7*1-2H3. The summed E-state index contributed by atoms with van der Waals surface area (Å²) in [5.41, 5.74) is 37.8. The Morgan fingerprint density at radius 1 is 0.306 bits per heavy atom. The monoisotopic (exact) mass is 1590 g/mol. The zero-order chi connectivity index (χ0) is 86.4. The molecule has 0 aliphatic heterocycles. The molecule has 618 valence electrons. The third-order valence-corrected chi connectivity index (χ3v) is 25.0. The molecule has 0 spiro atoms. The van der Waals surface area contributed by atoms with Crippen molar-refractivity contribution in [2.45, 2.75) is 192 Å². The SMILES string of the molecule is C=CCC1(C)c2cc(-c3ccccc3)ccc2-c2ccc(-c3ccccc3)cc21.CC.CC.CC.CC.CC.CC.CC.CC(C)(C)CC1Cc2cc(C3(c4ccccc4)c4cc(-c5ccccc5)ccc4-c4ccc(-c5ccccc5)cc43)ccc21.CC1(CC2CC3C=CC2C3)c2cc(-c3ccccc3)ccc2-c2ccc(-c3ccccc3)cc21. The summed E-state index contributed by atoms with van der Waals surface area (Å²) in [6, 6.07) is 126. The first-order chi connectivity index (χ1) is 59.3. The van der Waals surface area contributed by atoms with E-state index in [1.165, 1.54) is 182 Å². The third kappa shape index (κ3) is 18.4. The van der Waals surface area contributed by atoms with E-state index in [0.29, 0.717) is 11.3 Å². The van der Waals surface area contributed by atoms with Crippen molar-refractivity contribution in [3.8, 4) is 100 Å². The van der Waals surface area contributed by atoms with E-state index in [4.69, 9.17) is 0 Å². The highest BCUT2D eigenvalue weighted by Crippen LogP contribution is 2.61. The Labute approximate surface area is 730 Å². The van der Waals surface area contributed by atoms with E-state index in [2.05, 4.69) is 399 Å². The van der Waals surface area contributed by atoms with Crippen LogP contribution in [0.1, 0.15) is 225 Å². The first-order valence-corrected chi connectivity index (χ1v) is 46.0. The molecule has 0 heterocycles. The molecule has 20 rings (SSSR count). The highest BCUT2D eigenvalue weighted by atomic mass is 14.5. The summed E-state index contributed by atoms with van der Waals surface area (Å²) in [6.45, 7) is 44.1. The van der Waals surface area contributed by atoms with Crippen molar-refractivity contribution in [1.29, 1.82) is 0 Å². The molecule has 121 heavy (non-hydrogen) atoms. The van der Waals surface area contributed by atoms with Gasteiger partial charge in [0.15, 0.2) is 0 Å². The molecule has 2 bridgehead atoms. The minimum Gasteiger partial charge on any atom is -0.103 e. The second-order valence-electron chi connectivity index (χ2n) is 32.9. The van der Waals surface area contributed by atoms with E-state index in [-0.39, 0.29) is 10.8 Å². The van der Waals surface area contributed by atoms with Crippen molar-refractivity contribution in [1.82, 2.24) is 0 Å². The topological polar surface area (TPSA) is 0 Å². The molecule has 14 aromatic rings. The maximum atomic E-state index is 4.08. The zero-order valence-electron chi connectivity index (χ0n) is 76.3. The Kier molecular flexibility index (Phi) is 31.1. The Hall–Kier alpha value is -11.4. The van der Waals surface area contributed by atoms with E-state index in [1.54, 1.807) is 5.56 Å². The number of rotatable bonds is 13. The molecule has 1 fully saturated rings. The first-order valence-electron chi connectivity index (χ1n) is 46.0. The quantitative estimate of drug-likeness (QED) is 0.101. The van der Waals surface area contributed by atoms with Crippen LogP contribution in [0.15, 0.2) is 365 Å². The molecule has 14 aromatic carbocycles. The Balaban J connectivity index is 0.000000168. The van der Waals surface area contributed by atoms with Gasteiger partial charge in [-0.2, -0.15) is 0 Å². The first kappa shape index (κ1) is 90.3. The van der Waals surface area contributed by atoms with Crippen molar-refractivity contribution in [2.75, 3.05) is 0 Å². The minimum absolute atomic E-state index is 0.0310. The van der Waals surface area contributed by atoms with Crippen LogP contribution >= 0.6 is 0 Å². The highest BCUT2D eigenvalue weighted by Gasteiger charge is 2.49. The summed E-state index contributed by atoms with van der Waals surface area (Å²) >= 11 is 0. The molecule has 0 nitrogen and oxygen atoms in total. The van der Waals surface area contributed by atoms with Gasteiger partial charge in [0, 0.05) is 10.8 Å². The fourth-order valence-corrected chi connectivity index (χ4v) is 19.9. The van der Waals surface area contributed by atoms with Gasteiger partial charge in [-0.15, -0.1) is 6.58 Å². The van der Waals surface area contributed by atoms with E-state index in [1.807, 2.05) is 96.9 Å². The summed E-state index contributed by atoms with van der Waals surface area (Å²) in [7, 11) is 0. The number of fused-ring (bicyclic) bond motifs is 12. The van der Waals surface area contributed by atoms with Gasteiger partial charge in [-0.3, -0.25) is 0 Å². The van der Waals surface area contributed by atoms with E-state index in [9.17, 15) is 0 Å². The van der Waals surface area contributed by atoms with Crippen LogP contribution in [0.4, 0.5) is 0 Å². The second-order valence-corrected chi connectivity index (χ2v) is 32.9. The maximum Gasteiger partial charge on any atom is 0.0714 e. The lowest BCUT2D eigenvalue weighted by atomic mass is 9.64. The average Bonchev–Trinajstić information content (AvgIpc) is 1.55. The minimum atomic E-state index is -0.425. The molecule has 0 heteroatoms. The van der Waals surface area contributed by atoms with Gasteiger partial charge in [0.2, 0.25) is 0 Å². The van der Waals surface area contributed by atoms with E-state index >= 15 is 0 Å². The number of hydrogen-bond acceptors (Lipinski definition) is 0. The van der Waals surface area contributed by atoms with Gasteiger partial charge in [-0.1, -0.05) is 453 Å². The normalized spacial score (nSPS) is 15.9. The van der Waals surface area contributed by atoms with Gasteiger partial charge >= 0.3 is 0 Å². The smallest absolute Gasteiger partial charge is 0.0714 e. The molecule has 4 atom stereocenters. The molecule has 0 saturated heterocycles. The Morgan fingerprint density at radius 2 is 0.603 bits per heavy atom.